The van der Waals surface area contributed by atoms with Crippen molar-refractivity contribution in [2.75, 3.05) is 7.05 Å². The molecule has 110 valence electrons. The molecule has 0 fully saturated rings. The van der Waals surface area contributed by atoms with Gasteiger partial charge >= 0.3 is 12.2 Å². The van der Waals surface area contributed by atoms with Crippen LogP contribution in [0.15, 0.2) is 36.5 Å². The van der Waals surface area contributed by atoms with Crippen LogP contribution in [0.5, 0.6) is 11.8 Å². The van der Waals surface area contributed by atoms with Gasteiger partial charge in [0.25, 0.3) is 5.91 Å². The first-order valence-corrected chi connectivity index (χ1v) is 5.80. The van der Waals surface area contributed by atoms with E-state index in [-0.39, 0.29) is 11.7 Å². The topological polar surface area (TPSA) is 64.1 Å². The molecule has 2 aromatic rings. The molecule has 0 atom stereocenters. The Bertz CT molecular complexity index is 642. The summed E-state index contributed by atoms with van der Waals surface area (Å²) < 4.78 is 42.6. The Morgan fingerprint density at radius 2 is 1.86 bits per heavy atom. The second-order valence-corrected chi connectivity index (χ2v) is 3.93. The van der Waals surface area contributed by atoms with Crippen LogP contribution in [0.2, 0.25) is 0 Å². The zero-order chi connectivity index (χ0) is 15.5. The van der Waals surface area contributed by atoms with E-state index in [1.807, 2.05) is 0 Å². The SMILES string of the molecule is CNC(=O)c1ccc(Oc2nccc(C(F)(F)F)n2)cc1. The minimum atomic E-state index is -4.57. The molecule has 0 aliphatic rings. The summed E-state index contributed by atoms with van der Waals surface area (Å²) in [4.78, 5) is 18.2. The number of rotatable bonds is 3. The number of hydrogen-bond donors (Lipinski definition) is 1. The molecule has 1 amide bonds. The fourth-order valence-corrected chi connectivity index (χ4v) is 1.47. The second-order valence-electron chi connectivity index (χ2n) is 3.93. The summed E-state index contributed by atoms with van der Waals surface area (Å²) in [5, 5.41) is 2.45. The first kappa shape index (κ1) is 14.8. The van der Waals surface area contributed by atoms with Gasteiger partial charge in [-0.3, -0.25) is 4.79 Å². The predicted molar refractivity (Wildman–Crippen MR) is 66.9 cm³/mol. The van der Waals surface area contributed by atoms with Crippen LogP contribution in [-0.2, 0) is 6.18 Å². The lowest BCUT2D eigenvalue weighted by atomic mass is 10.2. The van der Waals surface area contributed by atoms with Gasteiger partial charge in [0, 0.05) is 18.8 Å². The fourth-order valence-electron chi connectivity index (χ4n) is 1.47. The van der Waals surface area contributed by atoms with Crippen molar-refractivity contribution in [1.82, 2.24) is 15.3 Å². The van der Waals surface area contributed by atoms with Crippen molar-refractivity contribution in [3.8, 4) is 11.8 Å². The minimum Gasteiger partial charge on any atom is -0.424 e. The van der Waals surface area contributed by atoms with E-state index in [0.717, 1.165) is 12.3 Å². The lowest BCUT2D eigenvalue weighted by Crippen LogP contribution is -2.17. The smallest absolute Gasteiger partial charge is 0.424 e. The average Bonchev–Trinajstić information content (AvgIpc) is 2.47. The number of carbonyl (C=O) groups excluding carboxylic acids is 1. The highest BCUT2D eigenvalue weighted by molar-refractivity contribution is 5.94. The summed E-state index contributed by atoms with van der Waals surface area (Å²) in [6.07, 6.45) is -3.60. The highest BCUT2D eigenvalue weighted by atomic mass is 19.4. The third-order valence-electron chi connectivity index (χ3n) is 2.48. The van der Waals surface area contributed by atoms with E-state index in [4.69, 9.17) is 4.74 Å². The van der Waals surface area contributed by atoms with Gasteiger partial charge in [-0.05, 0) is 30.3 Å². The monoisotopic (exact) mass is 297 g/mol. The van der Waals surface area contributed by atoms with Crippen molar-refractivity contribution < 1.29 is 22.7 Å². The van der Waals surface area contributed by atoms with E-state index in [1.165, 1.54) is 31.3 Å². The summed E-state index contributed by atoms with van der Waals surface area (Å²) >= 11 is 0. The van der Waals surface area contributed by atoms with Gasteiger partial charge in [-0.1, -0.05) is 0 Å². The largest absolute Gasteiger partial charge is 0.433 e. The summed E-state index contributed by atoms with van der Waals surface area (Å²) in [6, 6.07) is 6.16. The van der Waals surface area contributed by atoms with Gasteiger partial charge in [0.05, 0.1) is 0 Å². The molecule has 0 unspecified atom stereocenters. The summed E-state index contributed by atoms with van der Waals surface area (Å²) in [5.74, 6) is -0.0566. The molecule has 21 heavy (non-hydrogen) atoms. The maximum absolute atomic E-state index is 12.5. The highest BCUT2D eigenvalue weighted by Gasteiger charge is 2.33. The molecule has 2 rings (SSSR count). The van der Waals surface area contributed by atoms with Gasteiger partial charge in [-0.25, -0.2) is 4.98 Å². The van der Waals surface area contributed by atoms with Crippen molar-refractivity contribution in [3.63, 3.8) is 0 Å². The van der Waals surface area contributed by atoms with Crippen LogP contribution >= 0.6 is 0 Å². The number of alkyl halides is 3. The van der Waals surface area contributed by atoms with Crippen LogP contribution in [0, 0.1) is 0 Å². The zero-order valence-electron chi connectivity index (χ0n) is 10.8. The lowest BCUT2D eigenvalue weighted by molar-refractivity contribution is -0.141. The third-order valence-corrected chi connectivity index (χ3v) is 2.48. The number of aromatic nitrogens is 2. The van der Waals surface area contributed by atoms with Crippen molar-refractivity contribution in [1.29, 1.82) is 0 Å². The van der Waals surface area contributed by atoms with E-state index in [0.29, 0.717) is 5.56 Å². The quantitative estimate of drug-likeness (QED) is 0.946. The number of benzene rings is 1. The van der Waals surface area contributed by atoms with Gasteiger partial charge in [-0.15, -0.1) is 0 Å². The van der Waals surface area contributed by atoms with Crippen molar-refractivity contribution in [2.24, 2.45) is 0 Å². The normalized spacial score (nSPS) is 11.0. The Kier molecular flexibility index (Phi) is 4.06. The maximum Gasteiger partial charge on any atom is 0.433 e. The van der Waals surface area contributed by atoms with Gasteiger partial charge in [0.1, 0.15) is 5.75 Å². The summed E-state index contributed by atoms with van der Waals surface area (Å²) in [5.41, 5.74) is -0.690. The fraction of sp³-hybridized carbons (Fsp3) is 0.154. The molecular weight excluding hydrogens is 287 g/mol. The first-order valence-electron chi connectivity index (χ1n) is 5.80. The molecule has 0 aliphatic heterocycles. The molecule has 5 nitrogen and oxygen atoms in total. The van der Waals surface area contributed by atoms with E-state index < -0.39 is 17.9 Å². The van der Waals surface area contributed by atoms with Crippen molar-refractivity contribution in [2.45, 2.75) is 6.18 Å². The van der Waals surface area contributed by atoms with E-state index in [1.54, 1.807) is 0 Å². The Labute approximate surface area is 117 Å². The van der Waals surface area contributed by atoms with Crippen molar-refractivity contribution in [3.05, 3.63) is 47.8 Å². The number of carbonyl (C=O) groups is 1. The number of nitrogens with zero attached hydrogens (tertiary/aromatic N) is 2. The molecule has 0 radical (unpaired) electrons. The molecule has 0 spiro atoms. The zero-order valence-corrected chi connectivity index (χ0v) is 10.8. The summed E-state index contributed by atoms with van der Waals surface area (Å²) in [6.45, 7) is 0. The van der Waals surface area contributed by atoms with Crippen LogP contribution in [0.3, 0.4) is 0 Å². The molecule has 1 aromatic heterocycles. The first-order chi connectivity index (χ1) is 9.90. The molecule has 0 aliphatic carbocycles. The lowest BCUT2D eigenvalue weighted by Gasteiger charge is -2.08. The molecule has 0 saturated carbocycles. The van der Waals surface area contributed by atoms with Crippen LogP contribution in [-0.4, -0.2) is 22.9 Å². The number of halogens is 3. The van der Waals surface area contributed by atoms with E-state index in [9.17, 15) is 18.0 Å². The number of amides is 1. The van der Waals surface area contributed by atoms with Gasteiger partial charge in [-0.2, -0.15) is 18.2 Å². The van der Waals surface area contributed by atoms with Gasteiger partial charge in [0.2, 0.25) is 0 Å². The molecule has 1 heterocycles. The Morgan fingerprint density at radius 3 is 2.43 bits per heavy atom. The Balaban J connectivity index is 2.17. The van der Waals surface area contributed by atoms with Crippen LogP contribution in [0.25, 0.3) is 0 Å². The predicted octanol–water partition coefficient (Wildman–Crippen LogP) is 2.65. The molecule has 1 N–H and O–H groups in total. The van der Waals surface area contributed by atoms with Crippen molar-refractivity contribution >= 4 is 5.91 Å². The number of ether oxygens (including phenoxy) is 1. The van der Waals surface area contributed by atoms with E-state index >= 15 is 0 Å². The second kappa shape index (κ2) is 5.78. The molecule has 1 aromatic carbocycles. The van der Waals surface area contributed by atoms with Crippen LogP contribution in [0.1, 0.15) is 16.1 Å². The molecule has 0 saturated heterocycles. The standard InChI is InChI=1S/C13H10F3N3O2/c1-17-11(20)8-2-4-9(5-3-8)21-12-18-7-6-10(19-12)13(14,15)16/h2-7H,1H3,(H,17,20). The highest BCUT2D eigenvalue weighted by Crippen LogP contribution is 2.28. The Morgan fingerprint density at radius 1 is 1.19 bits per heavy atom. The molecular formula is C13H10F3N3O2. The van der Waals surface area contributed by atoms with Crippen LogP contribution < -0.4 is 10.1 Å². The average molecular weight is 297 g/mol. The Hall–Kier alpha value is -2.64. The molecule has 0 bridgehead atoms. The number of hydrogen-bond acceptors (Lipinski definition) is 4. The van der Waals surface area contributed by atoms with Gasteiger partial charge in [0.15, 0.2) is 5.69 Å². The third kappa shape index (κ3) is 3.68. The van der Waals surface area contributed by atoms with E-state index in [2.05, 4.69) is 15.3 Å². The van der Waals surface area contributed by atoms with Gasteiger partial charge < -0.3 is 10.1 Å². The number of nitrogens with one attached hydrogen (secondary N) is 1. The summed E-state index contributed by atoms with van der Waals surface area (Å²) in [7, 11) is 1.49. The maximum atomic E-state index is 12.5. The van der Waals surface area contributed by atoms with Crippen LogP contribution in [0.4, 0.5) is 13.2 Å². The molecule has 8 heteroatoms. The minimum absolute atomic E-state index is 0.224.